The molecule has 0 aromatic heterocycles. The van der Waals surface area contributed by atoms with Gasteiger partial charge in [-0.15, -0.1) is 0 Å². The van der Waals surface area contributed by atoms with Crippen molar-refractivity contribution < 1.29 is 4.79 Å². The van der Waals surface area contributed by atoms with Crippen LogP contribution < -0.4 is 5.73 Å². The van der Waals surface area contributed by atoms with E-state index in [4.69, 9.17) is 5.73 Å². The Morgan fingerprint density at radius 3 is 2.06 bits per heavy atom. The minimum absolute atomic E-state index is 0.192. The van der Waals surface area contributed by atoms with Gasteiger partial charge >= 0.3 is 0 Å². The maximum atomic E-state index is 12.1. The van der Waals surface area contributed by atoms with Gasteiger partial charge in [0.25, 0.3) is 0 Å². The van der Waals surface area contributed by atoms with Gasteiger partial charge in [-0.2, -0.15) is 0 Å². The van der Waals surface area contributed by atoms with Gasteiger partial charge in [0.2, 0.25) is 5.91 Å². The average molecular weight is 242 g/mol. The Morgan fingerprint density at radius 2 is 1.71 bits per heavy atom. The first kappa shape index (κ1) is 16.4. The van der Waals surface area contributed by atoms with E-state index in [1.807, 2.05) is 20.9 Å². The van der Waals surface area contributed by atoms with Crippen LogP contribution in [0.5, 0.6) is 0 Å². The van der Waals surface area contributed by atoms with Gasteiger partial charge in [-0.1, -0.05) is 27.7 Å². The molecule has 0 aliphatic heterocycles. The minimum Gasteiger partial charge on any atom is -0.339 e. The number of hydrogen-bond acceptors (Lipinski definition) is 2. The van der Waals surface area contributed by atoms with Crippen molar-refractivity contribution >= 4 is 5.91 Å². The third-order valence-corrected chi connectivity index (χ3v) is 3.27. The first-order valence-electron chi connectivity index (χ1n) is 6.46. The Bertz CT molecular complexity index is 253. The van der Waals surface area contributed by atoms with Crippen LogP contribution in [0.4, 0.5) is 0 Å². The van der Waals surface area contributed by atoms with E-state index in [-0.39, 0.29) is 16.9 Å². The molecule has 0 aromatic rings. The van der Waals surface area contributed by atoms with Crippen LogP contribution in [0.1, 0.15) is 54.4 Å². The zero-order chi connectivity index (χ0) is 13.9. The van der Waals surface area contributed by atoms with Gasteiger partial charge in [0, 0.05) is 25.6 Å². The van der Waals surface area contributed by atoms with E-state index in [2.05, 4.69) is 27.7 Å². The van der Waals surface area contributed by atoms with Crippen molar-refractivity contribution in [3.8, 4) is 0 Å². The molecule has 1 atom stereocenters. The molecule has 0 fully saturated rings. The van der Waals surface area contributed by atoms with Crippen LogP contribution in [0.2, 0.25) is 0 Å². The second kappa shape index (κ2) is 5.85. The molecule has 1 unspecified atom stereocenters. The second-order valence-corrected chi connectivity index (χ2v) is 7.04. The fraction of sp³-hybridized carbons (Fsp3) is 0.929. The van der Waals surface area contributed by atoms with Crippen molar-refractivity contribution in [3.05, 3.63) is 0 Å². The van der Waals surface area contributed by atoms with E-state index in [1.165, 1.54) is 0 Å². The first-order chi connectivity index (χ1) is 7.49. The Kier molecular flexibility index (Phi) is 5.66. The van der Waals surface area contributed by atoms with Gasteiger partial charge in [0.1, 0.15) is 0 Å². The molecule has 0 rings (SSSR count). The number of nitrogens with two attached hydrogens (primary N) is 1. The smallest absolute Gasteiger partial charge is 0.223 e. The Balaban J connectivity index is 4.36. The lowest BCUT2D eigenvalue weighted by Crippen LogP contribution is -2.50. The molecule has 102 valence electrons. The van der Waals surface area contributed by atoms with E-state index in [9.17, 15) is 4.79 Å². The van der Waals surface area contributed by atoms with Gasteiger partial charge in [-0.25, -0.2) is 0 Å². The summed E-state index contributed by atoms with van der Waals surface area (Å²) in [5.41, 5.74) is 5.71. The molecule has 0 aliphatic rings. The topological polar surface area (TPSA) is 46.3 Å². The van der Waals surface area contributed by atoms with Crippen molar-refractivity contribution in [2.45, 2.75) is 59.9 Å². The standard InChI is InChI=1S/C14H30N2O/c1-11(9-13(2,3)4)8-12(17)16(7)14(5,6)10-15/h11H,8-10,15H2,1-7H3. The van der Waals surface area contributed by atoms with Crippen molar-refractivity contribution in [2.24, 2.45) is 17.1 Å². The van der Waals surface area contributed by atoms with Gasteiger partial charge in [0.05, 0.1) is 0 Å². The lowest BCUT2D eigenvalue weighted by Gasteiger charge is -2.35. The molecular weight excluding hydrogens is 212 g/mol. The highest BCUT2D eigenvalue weighted by Crippen LogP contribution is 2.26. The summed E-state index contributed by atoms with van der Waals surface area (Å²) in [4.78, 5) is 13.9. The first-order valence-corrected chi connectivity index (χ1v) is 6.46. The lowest BCUT2D eigenvalue weighted by molar-refractivity contribution is -0.135. The fourth-order valence-electron chi connectivity index (χ4n) is 2.03. The summed E-state index contributed by atoms with van der Waals surface area (Å²) in [6, 6.07) is 0. The SMILES string of the molecule is CC(CC(=O)N(C)C(C)(C)CN)CC(C)(C)C. The molecule has 0 spiro atoms. The minimum atomic E-state index is -0.251. The van der Waals surface area contributed by atoms with Crippen molar-refractivity contribution in [3.63, 3.8) is 0 Å². The molecule has 0 aromatic carbocycles. The quantitative estimate of drug-likeness (QED) is 0.805. The molecule has 0 aliphatic carbocycles. The zero-order valence-corrected chi connectivity index (χ0v) is 12.6. The number of rotatable bonds is 5. The molecule has 0 saturated heterocycles. The molecule has 17 heavy (non-hydrogen) atoms. The highest BCUT2D eigenvalue weighted by Gasteiger charge is 2.27. The fourth-order valence-corrected chi connectivity index (χ4v) is 2.03. The van der Waals surface area contributed by atoms with E-state index in [0.29, 0.717) is 18.9 Å². The Morgan fingerprint density at radius 1 is 1.24 bits per heavy atom. The molecule has 1 amide bonds. The van der Waals surface area contributed by atoms with E-state index in [1.54, 1.807) is 4.90 Å². The predicted octanol–water partition coefficient (Wildman–Crippen LogP) is 2.64. The summed E-state index contributed by atoms with van der Waals surface area (Å²) in [5, 5.41) is 0. The molecule has 2 N–H and O–H groups in total. The second-order valence-electron chi connectivity index (χ2n) is 7.04. The molecule has 0 saturated carbocycles. The summed E-state index contributed by atoms with van der Waals surface area (Å²) in [6.07, 6.45) is 1.67. The van der Waals surface area contributed by atoms with E-state index >= 15 is 0 Å². The van der Waals surface area contributed by atoms with Crippen LogP contribution in [0, 0.1) is 11.3 Å². The third kappa shape index (κ3) is 6.06. The predicted molar refractivity (Wildman–Crippen MR) is 73.8 cm³/mol. The van der Waals surface area contributed by atoms with Gasteiger partial charge < -0.3 is 10.6 Å². The van der Waals surface area contributed by atoms with Gasteiger partial charge in [0.15, 0.2) is 0 Å². The Hall–Kier alpha value is -0.570. The molecular formula is C14H30N2O. The summed E-state index contributed by atoms with van der Waals surface area (Å²) >= 11 is 0. The molecule has 3 heteroatoms. The number of carbonyl (C=O) groups is 1. The summed E-state index contributed by atoms with van der Waals surface area (Å²) in [6.45, 7) is 13.3. The Labute approximate surface area is 107 Å². The van der Waals surface area contributed by atoms with Crippen LogP contribution in [-0.4, -0.2) is 29.9 Å². The maximum absolute atomic E-state index is 12.1. The number of nitrogens with zero attached hydrogens (tertiary/aromatic N) is 1. The van der Waals surface area contributed by atoms with Crippen LogP contribution in [0.15, 0.2) is 0 Å². The van der Waals surface area contributed by atoms with Gasteiger partial charge in [-0.3, -0.25) is 4.79 Å². The molecule has 0 radical (unpaired) electrons. The normalized spacial score (nSPS) is 14.6. The lowest BCUT2D eigenvalue weighted by atomic mass is 9.84. The van der Waals surface area contributed by atoms with E-state index < -0.39 is 0 Å². The van der Waals surface area contributed by atoms with Crippen molar-refractivity contribution in [1.29, 1.82) is 0 Å². The maximum Gasteiger partial charge on any atom is 0.223 e. The van der Waals surface area contributed by atoms with Crippen molar-refractivity contribution in [2.75, 3.05) is 13.6 Å². The van der Waals surface area contributed by atoms with Crippen molar-refractivity contribution in [1.82, 2.24) is 4.90 Å². The third-order valence-electron chi connectivity index (χ3n) is 3.27. The number of amides is 1. The number of hydrogen-bond donors (Lipinski definition) is 1. The van der Waals surface area contributed by atoms with Crippen LogP contribution in [0.25, 0.3) is 0 Å². The summed E-state index contributed by atoms with van der Waals surface area (Å²) in [5.74, 6) is 0.607. The van der Waals surface area contributed by atoms with Gasteiger partial charge in [-0.05, 0) is 31.6 Å². The molecule has 3 nitrogen and oxygen atoms in total. The monoisotopic (exact) mass is 242 g/mol. The summed E-state index contributed by atoms with van der Waals surface area (Å²) in [7, 11) is 1.85. The highest BCUT2D eigenvalue weighted by molar-refractivity contribution is 5.76. The zero-order valence-electron chi connectivity index (χ0n) is 12.6. The number of carbonyl (C=O) groups excluding carboxylic acids is 1. The largest absolute Gasteiger partial charge is 0.339 e. The average Bonchev–Trinajstić information content (AvgIpc) is 2.13. The van der Waals surface area contributed by atoms with Crippen LogP contribution in [-0.2, 0) is 4.79 Å². The van der Waals surface area contributed by atoms with Crippen LogP contribution in [0.3, 0.4) is 0 Å². The van der Waals surface area contributed by atoms with Crippen LogP contribution >= 0.6 is 0 Å². The highest BCUT2D eigenvalue weighted by atomic mass is 16.2. The summed E-state index contributed by atoms with van der Waals surface area (Å²) < 4.78 is 0. The van der Waals surface area contributed by atoms with E-state index in [0.717, 1.165) is 6.42 Å². The number of likely N-dealkylation sites (N-methyl/N-ethyl adjacent to an activating group) is 1. The molecule has 0 heterocycles. The molecule has 0 bridgehead atoms.